The zero-order valence-electron chi connectivity index (χ0n) is 13.6. The van der Waals surface area contributed by atoms with E-state index in [2.05, 4.69) is 16.7 Å². The molecule has 0 N–H and O–H groups in total. The highest BCUT2D eigenvalue weighted by Gasteiger charge is 2.36. The fraction of sp³-hybridized carbons (Fsp3) is 1.00. The molecule has 0 radical (unpaired) electrons. The lowest BCUT2D eigenvalue weighted by Crippen LogP contribution is -2.48. The number of piperidine rings is 1. The Bertz CT molecular complexity index is 449. The highest BCUT2D eigenvalue weighted by atomic mass is 32.2. The SMILES string of the molecule is O=S1(=O)CCCN1C1CCCN(CCSC2CCCCC2)C1. The summed E-state index contributed by atoms with van der Waals surface area (Å²) >= 11 is 2.15. The maximum atomic E-state index is 12.1. The molecule has 128 valence electrons. The molecule has 0 aromatic carbocycles. The number of sulfonamides is 1. The van der Waals surface area contributed by atoms with E-state index in [0.717, 1.165) is 50.7 Å². The Morgan fingerprint density at radius 1 is 0.955 bits per heavy atom. The normalized spacial score (nSPS) is 31.5. The first-order chi connectivity index (χ1) is 10.6. The van der Waals surface area contributed by atoms with Crippen molar-refractivity contribution in [1.82, 2.24) is 9.21 Å². The fourth-order valence-corrected chi connectivity index (χ4v) is 7.24. The summed E-state index contributed by atoms with van der Waals surface area (Å²) in [5.74, 6) is 1.57. The third-order valence-corrected chi connectivity index (χ3v) is 8.70. The molecule has 1 saturated carbocycles. The van der Waals surface area contributed by atoms with E-state index in [-0.39, 0.29) is 6.04 Å². The van der Waals surface area contributed by atoms with Crippen molar-refractivity contribution in [3.63, 3.8) is 0 Å². The van der Waals surface area contributed by atoms with Gasteiger partial charge in [0.1, 0.15) is 0 Å². The van der Waals surface area contributed by atoms with E-state index in [9.17, 15) is 8.42 Å². The van der Waals surface area contributed by atoms with E-state index in [4.69, 9.17) is 0 Å². The van der Waals surface area contributed by atoms with Gasteiger partial charge >= 0.3 is 0 Å². The van der Waals surface area contributed by atoms with Crippen molar-refractivity contribution in [3.05, 3.63) is 0 Å². The fourth-order valence-electron chi connectivity index (χ4n) is 4.12. The Balaban J connectivity index is 1.42. The van der Waals surface area contributed by atoms with Gasteiger partial charge in [-0.15, -0.1) is 0 Å². The zero-order valence-corrected chi connectivity index (χ0v) is 15.2. The van der Waals surface area contributed by atoms with Gasteiger partial charge in [0.15, 0.2) is 0 Å². The number of rotatable bonds is 5. The molecule has 2 aliphatic heterocycles. The number of likely N-dealkylation sites (tertiary alicyclic amines) is 1. The third-order valence-electron chi connectivity index (χ3n) is 5.34. The maximum absolute atomic E-state index is 12.1. The molecule has 4 nitrogen and oxygen atoms in total. The first kappa shape index (κ1) is 17.1. The third kappa shape index (κ3) is 4.40. The number of thioether (sulfide) groups is 1. The highest BCUT2D eigenvalue weighted by Crippen LogP contribution is 2.29. The van der Waals surface area contributed by atoms with Crippen LogP contribution in [0.1, 0.15) is 51.4 Å². The number of hydrogen-bond acceptors (Lipinski definition) is 4. The largest absolute Gasteiger partial charge is 0.301 e. The van der Waals surface area contributed by atoms with Crippen LogP contribution in [-0.2, 0) is 10.0 Å². The minimum absolute atomic E-state index is 0.237. The molecule has 0 aromatic heterocycles. The van der Waals surface area contributed by atoms with Crippen LogP contribution in [0.2, 0.25) is 0 Å². The summed E-state index contributed by atoms with van der Waals surface area (Å²) in [5, 5.41) is 0.883. The summed E-state index contributed by atoms with van der Waals surface area (Å²) in [4.78, 5) is 2.50. The molecule has 0 bridgehead atoms. The Morgan fingerprint density at radius 3 is 2.50 bits per heavy atom. The molecular formula is C16H30N2O2S2. The molecule has 6 heteroatoms. The minimum atomic E-state index is -2.95. The van der Waals surface area contributed by atoms with Gasteiger partial charge in [-0.1, -0.05) is 19.3 Å². The quantitative estimate of drug-likeness (QED) is 0.767. The Hall–Kier alpha value is 0.220. The van der Waals surface area contributed by atoms with E-state index in [0.29, 0.717) is 5.75 Å². The van der Waals surface area contributed by atoms with Crippen LogP contribution in [0.5, 0.6) is 0 Å². The molecule has 1 atom stereocenters. The van der Waals surface area contributed by atoms with Crippen molar-refractivity contribution in [1.29, 1.82) is 0 Å². The zero-order chi connectivity index (χ0) is 15.4. The molecule has 1 unspecified atom stereocenters. The maximum Gasteiger partial charge on any atom is 0.214 e. The molecule has 3 rings (SSSR count). The van der Waals surface area contributed by atoms with Gasteiger partial charge in [0.25, 0.3) is 0 Å². The summed E-state index contributed by atoms with van der Waals surface area (Å²) in [6, 6.07) is 0.237. The molecule has 3 fully saturated rings. The second kappa shape index (κ2) is 7.86. The van der Waals surface area contributed by atoms with E-state index < -0.39 is 10.0 Å². The van der Waals surface area contributed by atoms with Crippen molar-refractivity contribution in [2.45, 2.75) is 62.7 Å². The molecule has 3 aliphatic rings. The van der Waals surface area contributed by atoms with Gasteiger partial charge in [0.2, 0.25) is 10.0 Å². The second-order valence-electron chi connectivity index (χ2n) is 7.01. The minimum Gasteiger partial charge on any atom is -0.301 e. The van der Waals surface area contributed by atoms with E-state index in [1.54, 1.807) is 4.31 Å². The lowest BCUT2D eigenvalue weighted by molar-refractivity contribution is 0.159. The van der Waals surface area contributed by atoms with E-state index in [1.165, 1.54) is 37.9 Å². The topological polar surface area (TPSA) is 40.6 Å². The summed E-state index contributed by atoms with van der Waals surface area (Å²) in [7, 11) is -2.95. The van der Waals surface area contributed by atoms with Crippen LogP contribution in [0, 0.1) is 0 Å². The summed E-state index contributed by atoms with van der Waals surface area (Å²) in [6.07, 6.45) is 10.1. The average molecular weight is 347 g/mol. The van der Waals surface area contributed by atoms with Gasteiger partial charge in [-0.3, -0.25) is 0 Å². The Labute approximate surface area is 140 Å². The van der Waals surface area contributed by atoms with Crippen LogP contribution in [0.4, 0.5) is 0 Å². The van der Waals surface area contributed by atoms with Gasteiger partial charge in [-0.2, -0.15) is 16.1 Å². The molecule has 2 heterocycles. The van der Waals surface area contributed by atoms with E-state index in [1.807, 2.05) is 0 Å². The molecule has 0 aromatic rings. The van der Waals surface area contributed by atoms with Crippen LogP contribution in [0.3, 0.4) is 0 Å². The molecule has 1 aliphatic carbocycles. The lowest BCUT2D eigenvalue weighted by atomic mass is 10.0. The summed E-state index contributed by atoms with van der Waals surface area (Å²) < 4.78 is 26.0. The van der Waals surface area contributed by atoms with Crippen LogP contribution in [0.25, 0.3) is 0 Å². The van der Waals surface area contributed by atoms with Gasteiger partial charge < -0.3 is 4.90 Å². The lowest BCUT2D eigenvalue weighted by Gasteiger charge is -2.36. The predicted octanol–water partition coefficient (Wildman–Crippen LogP) is 2.55. The van der Waals surface area contributed by atoms with Gasteiger partial charge in [0, 0.05) is 36.7 Å². The summed E-state index contributed by atoms with van der Waals surface area (Å²) in [5.41, 5.74) is 0. The van der Waals surface area contributed by atoms with Crippen LogP contribution in [0.15, 0.2) is 0 Å². The molecular weight excluding hydrogens is 316 g/mol. The van der Waals surface area contributed by atoms with Crippen molar-refractivity contribution >= 4 is 21.8 Å². The number of hydrogen-bond donors (Lipinski definition) is 0. The van der Waals surface area contributed by atoms with Gasteiger partial charge in [-0.05, 0) is 38.6 Å². The smallest absolute Gasteiger partial charge is 0.214 e. The summed E-state index contributed by atoms with van der Waals surface area (Å²) in [6.45, 7) is 3.98. The molecule has 22 heavy (non-hydrogen) atoms. The molecule has 0 amide bonds. The first-order valence-electron chi connectivity index (χ1n) is 8.99. The van der Waals surface area contributed by atoms with Crippen LogP contribution in [-0.4, -0.2) is 66.6 Å². The van der Waals surface area contributed by atoms with Crippen LogP contribution < -0.4 is 0 Å². The number of nitrogens with zero attached hydrogens (tertiary/aromatic N) is 2. The molecule has 0 spiro atoms. The van der Waals surface area contributed by atoms with Gasteiger partial charge in [-0.25, -0.2) is 8.42 Å². The van der Waals surface area contributed by atoms with E-state index >= 15 is 0 Å². The predicted molar refractivity (Wildman–Crippen MR) is 93.9 cm³/mol. The highest BCUT2D eigenvalue weighted by molar-refractivity contribution is 7.99. The Morgan fingerprint density at radius 2 is 1.77 bits per heavy atom. The first-order valence-corrected chi connectivity index (χ1v) is 11.6. The Kier molecular flexibility index (Phi) is 6.09. The standard InChI is InChI=1S/C16H30N2O2S2/c19-22(20)13-5-10-18(22)15-6-4-9-17(14-15)11-12-21-16-7-2-1-3-8-16/h15-16H,1-14H2. The van der Waals surface area contributed by atoms with Crippen molar-refractivity contribution in [2.24, 2.45) is 0 Å². The second-order valence-corrected chi connectivity index (χ2v) is 10.5. The van der Waals surface area contributed by atoms with Crippen molar-refractivity contribution in [2.75, 3.05) is 37.7 Å². The molecule has 2 saturated heterocycles. The monoisotopic (exact) mass is 346 g/mol. The average Bonchev–Trinajstić information content (AvgIpc) is 2.88. The van der Waals surface area contributed by atoms with Crippen molar-refractivity contribution in [3.8, 4) is 0 Å². The van der Waals surface area contributed by atoms with Crippen LogP contribution >= 0.6 is 11.8 Å². The van der Waals surface area contributed by atoms with Crippen molar-refractivity contribution < 1.29 is 8.42 Å². The van der Waals surface area contributed by atoms with Gasteiger partial charge in [0.05, 0.1) is 5.75 Å².